The lowest BCUT2D eigenvalue weighted by Crippen LogP contribution is -2.46. The maximum absolute atomic E-state index is 16.1. The van der Waals surface area contributed by atoms with E-state index in [1.807, 2.05) is 24.0 Å². The molecule has 1 aromatic carbocycles. The number of hydrogen-bond donors (Lipinski definition) is 2. The average molecular weight is 547 g/mol. The van der Waals surface area contributed by atoms with Crippen LogP contribution < -0.4 is 15.8 Å². The van der Waals surface area contributed by atoms with Crippen molar-refractivity contribution in [3.8, 4) is 0 Å². The van der Waals surface area contributed by atoms with Gasteiger partial charge in [-0.05, 0) is 75.4 Å². The van der Waals surface area contributed by atoms with Gasteiger partial charge < -0.3 is 19.9 Å². The van der Waals surface area contributed by atoms with Crippen molar-refractivity contribution in [1.29, 1.82) is 0 Å². The van der Waals surface area contributed by atoms with Gasteiger partial charge in [-0.15, -0.1) is 0 Å². The number of nitrogens with one attached hydrogen (secondary N) is 1. The molecule has 212 valence electrons. The van der Waals surface area contributed by atoms with Crippen molar-refractivity contribution in [2.45, 2.75) is 59.8 Å². The lowest BCUT2D eigenvalue weighted by atomic mass is 9.82. The van der Waals surface area contributed by atoms with Gasteiger partial charge in [-0.3, -0.25) is 9.59 Å². The number of hydrogen-bond acceptors (Lipinski definition) is 5. The van der Waals surface area contributed by atoms with Crippen LogP contribution in [0.4, 0.5) is 21.6 Å². The molecule has 1 saturated heterocycles. The first kappa shape index (κ1) is 29.1. The fraction of sp³-hybridized carbons (Fsp3) is 0.406. The third-order valence-corrected chi connectivity index (χ3v) is 7.95. The molecule has 3 heterocycles. The standard InChI is InChI=1S/C32H39FN4O3/c1-6-8-9-11-23(21(3)7-2)24-13-14-27-25(29(24)33)18-26(30(38)36(27)5)35-28-15-12-22(19-34-28)37-17-10-16-32(4,20-37)31(39)40/h9,11-15,18-19H,6-8,10,16-17,20H2,1-5H3,(H,34,35)(H,39,40)/b11-9-,23-21-. The first-order valence-electron chi connectivity index (χ1n) is 14.0. The van der Waals surface area contributed by atoms with Crippen LogP contribution in [0, 0.1) is 11.2 Å². The fourth-order valence-electron chi connectivity index (χ4n) is 5.25. The van der Waals surface area contributed by atoms with Crippen LogP contribution >= 0.6 is 0 Å². The Bertz CT molecular complexity index is 1520. The summed E-state index contributed by atoms with van der Waals surface area (Å²) in [6.07, 6.45) is 9.91. The highest BCUT2D eigenvalue weighted by Gasteiger charge is 2.38. The summed E-state index contributed by atoms with van der Waals surface area (Å²) in [5, 5.41) is 13.1. The number of aryl methyl sites for hydroxylation is 1. The molecule has 0 spiro atoms. The van der Waals surface area contributed by atoms with Gasteiger partial charge in [-0.2, -0.15) is 0 Å². The number of halogens is 1. The molecule has 0 aliphatic carbocycles. The van der Waals surface area contributed by atoms with E-state index in [1.54, 1.807) is 44.4 Å². The van der Waals surface area contributed by atoms with Crippen molar-refractivity contribution >= 4 is 39.6 Å². The quantitative estimate of drug-likeness (QED) is 0.280. The van der Waals surface area contributed by atoms with E-state index in [2.05, 4.69) is 30.2 Å². The number of allylic oxidation sites excluding steroid dienone is 4. The van der Waals surface area contributed by atoms with E-state index in [1.165, 1.54) is 4.57 Å². The normalized spacial score (nSPS) is 18.3. The van der Waals surface area contributed by atoms with Gasteiger partial charge >= 0.3 is 5.97 Å². The number of piperidine rings is 1. The third-order valence-electron chi connectivity index (χ3n) is 7.95. The molecule has 1 aliphatic rings. The molecule has 8 heteroatoms. The zero-order chi connectivity index (χ0) is 29.0. The monoisotopic (exact) mass is 546 g/mol. The SMILES string of the molecule is CCC/C=C\C(=C(/C)CC)c1ccc2c(cc(Nc3ccc(N4CCCC(C)(C(=O)O)C4)cn3)c(=O)n2C)c1F. The molecule has 2 N–H and O–H groups in total. The van der Waals surface area contributed by atoms with Crippen LogP contribution in [0.3, 0.4) is 0 Å². The maximum atomic E-state index is 16.1. The van der Waals surface area contributed by atoms with Gasteiger partial charge in [0.05, 0.1) is 22.8 Å². The number of aliphatic carboxylic acids is 1. The van der Waals surface area contributed by atoms with Crippen LogP contribution in [-0.2, 0) is 11.8 Å². The van der Waals surface area contributed by atoms with E-state index in [9.17, 15) is 14.7 Å². The van der Waals surface area contributed by atoms with Crippen molar-refractivity contribution in [1.82, 2.24) is 9.55 Å². The summed E-state index contributed by atoms with van der Waals surface area (Å²) in [5.74, 6) is -0.718. The van der Waals surface area contributed by atoms with Crippen LogP contribution in [0.5, 0.6) is 0 Å². The van der Waals surface area contributed by atoms with Crippen molar-refractivity contribution in [3.63, 3.8) is 0 Å². The number of nitrogens with zero attached hydrogens (tertiary/aromatic N) is 3. The van der Waals surface area contributed by atoms with Crippen LogP contribution in [0.15, 0.2) is 59.0 Å². The second-order valence-corrected chi connectivity index (χ2v) is 10.9. The number of benzene rings is 1. The molecule has 0 saturated carbocycles. The Labute approximate surface area is 235 Å². The number of rotatable bonds is 9. The van der Waals surface area contributed by atoms with Gasteiger partial charge in [0.1, 0.15) is 17.3 Å². The predicted octanol–water partition coefficient (Wildman–Crippen LogP) is 7.05. The molecule has 2 aromatic heterocycles. The van der Waals surface area contributed by atoms with E-state index in [0.717, 1.165) is 49.1 Å². The topological polar surface area (TPSA) is 87.5 Å². The van der Waals surface area contributed by atoms with E-state index in [4.69, 9.17) is 0 Å². The Kier molecular flexibility index (Phi) is 8.76. The summed E-state index contributed by atoms with van der Waals surface area (Å²) in [5.41, 5.74) is 2.94. The number of carboxylic acids is 1. The number of unbranched alkanes of at least 4 members (excludes halogenated alkanes) is 1. The zero-order valence-electron chi connectivity index (χ0n) is 24.1. The molecule has 1 unspecified atom stereocenters. The number of carbonyl (C=O) groups is 1. The van der Waals surface area contributed by atoms with E-state index in [-0.39, 0.29) is 17.1 Å². The number of fused-ring (bicyclic) bond motifs is 1. The first-order valence-corrected chi connectivity index (χ1v) is 14.0. The van der Waals surface area contributed by atoms with Crippen LogP contribution in [0.25, 0.3) is 16.5 Å². The highest BCUT2D eigenvalue weighted by molar-refractivity contribution is 5.89. The average Bonchev–Trinajstić information content (AvgIpc) is 2.95. The molecule has 0 bridgehead atoms. The number of pyridine rings is 2. The van der Waals surface area contributed by atoms with Crippen molar-refractivity contribution < 1.29 is 14.3 Å². The first-order chi connectivity index (χ1) is 19.1. The predicted molar refractivity (Wildman–Crippen MR) is 161 cm³/mol. The Morgan fingerprint density at radius 3 is 2.67 bits per heavy atom. The molecule has 1 aliphatic heterocycles. The largest absolute Gasteiger partial charge is 0.481 e. The number of carboxylic acid groups (broad SMARTS) is 1. The number of aromatic nitrogens is 2. The highest BCUT2D eigenvalue weighted by Crippen LogP contribution is 2.33. The smallest absolute Gasteiger partial charge is 0.311 e. The lowest BCUT2D eigenvalue weighted by molar-refractivity contribution is -0.148. The summed E-state index contributed by atoms with van der Waals surface area (Å²) in [6, 6.07) is 8.73. The Balaban J connectivity index is 1.67. The molecular formula is C32H39FN4O3. The van der Waals surface area contributed by atoms with E-state index < -0.39 is 11.4 Å². The van der Waals surface area contributed by atoms with Crippen LogP contribution in [0.2, 0.25) is 0 Å². The summed E-state index contributed by atoms with van der Waals surface area (Å²) in [4.78, 5) is 31.4. The second-order valence-electron chi connectivity index (χ2n) is 10.9. The van der Waals surface area contributed by atoms with E-state index >= 15 is 4.39 Å². The summed E-state index contributed by atoms with van der Waals surface area (Å²) >= 11 is 0. The third kappa shape index (κ3) is 5.81. The van der Waals surface area contributed by atoms with Gasteiger partial charge in [0.25, 0.3) is 5.56 Å². The van der Waals surface area contributed by atoms with E-state index in [0.29, 0.717) is 35.2 Å². The molecule has 7 nitrogen and oxygen atoms in total. The molecule has 0 radical (unpaired) electrons. The molecule has 40 heavy (non-hydrogen) atoms. The molecular weight excluding hydrogens is 507 g/mol. The summed E-state index contributed by atoms with van der Waals surface area (Å²) in [7, 11) is 1.64. The second kappa shape index (κ2) is 12.1. The van der Waals surface area contributed by atoms with Crippen LogP contribution in [0.1, 0.15) is 65.4 Å². The van der Waals surface area contributed by atoms with Gasteiger partial charge in [0.2, 0.25) is 0 Å². The van der Waals surface area contributed by atoms with Gasteiger partial charge in [-0.1, -0.05) is 38.0 Å². The summed E-state index contributed by atoms with van der Waals surface area (Å²) < 4.78 is 17.5. The summed E-state index contributed by atoms with van der Waals surface area (Å²) in [6.45, 7) is 9.12. The molecule has 3 aromatic rings. The highest BCUT2D eigenvalue weighted by atomic mass is 19.1. The lowest BCUT2D eigenvalue weighted by Gasteiger charge is -2.38. The molecule has 4 rings (SSSR count). The Morgan fingerprint density at radius 2 is 2.02 bits per heavy atom. The fourth-order valence-corrected chi connectivity index (χ4v) is 5.25. The van der Waals surface area contributed by atoms with Crippen molar-refractivity contribution in [2.24, 2.45) is 12.5 Å². The number of anilines is 3. The maximum Gasteiger partial charge on any atom is 0.311 e. The van der Waals surface area contributed by atoms with Crippen LogP contribution in [-0.4, -0.2) is 33.7 Å². The molecule has 1 atom stereocenters. The van der Waals surface area contributed by atoms with Gasteiger partial charge in [-0.25, -0.2) is 9.37 Å². The van der Waals surface area contributed by atoms with Gasteiger partial charge in [0, 0.05) is 31.1 Å². The minimum absolute atomic E-state index is 0.224. The minimum Gasteiger partial charge on any atom is -0.481 e. The van der Waals surface area contributed by atoms with Crippen molar-refractivity contribution in [2.75, 3.05) is 23.3 Å². The minimum atomic E-state index is -0.800. The molecule has 0 amide bonds. The van der Waals surface area contributed by atoms with Crippen molar-refractivity contribution in [3.05, 3.63) is 76.0 Å². The Morgan fingerprint density at radius 1 is 1.25 bits per heavy atom. The Hall–Kier alpha value is -3.94. The molecule has 1 fully saturated rings. The van der Waals surface area contributed by atoms with Gasteiger partial charge in [0.15, 0.2) is 0 Å². The zero-order valence-corrected chi connectivity index (χ0v) is 24.1.